The first-order chi connectivity index (χ1) is 9.75. The largest absolute Gasteiger partial charge is 0.396 e. The van der Waals surface area contributed by atoms with E-state index in [9.17, 15) is 22.8 Å². The Morgan fingerprint density at radius 2 is 1.95 bits per heavy atom. The number of likely N-dealkylation sites (tertiary alicyclic amines) is 1. The van der Waals surface area contributed by atoms with Crippen LogP contribution in [0.25, 0.3) is 0 Å². The van der Waals surface area contributed by atoms with Crippen LogP contribution >= 0.6 is 0 Å². The normalized spacial score (nSPS) is 43.0. The van der Waals surface area contributed by atoms with Crippen molar-refractivity contribution < 1.29 is 27.5 Å². The van der Waals surface area contributed by atoms with Gasteiger partial charge in [0, 0.05) is 19.4 Å². The van der Waals surface area contributed by atoms with Crippen molar-refractivity contribution >= 4 is 12.2 Å². The highest BCUT2D eigenvalue weighted by Gasteiger charge is 2.77. The van der Waals surface area contributed by atoms with E-state index in [2.05, 4.69) is 0 Å². The van der Waals surface area contributed by atoms with E-state index in [0.717, 1.165) is 19.1 Å². The third-order valence-electron chi connectivity index (χ3n) is 5.79. The monoisotopic (exact) mass is 303 g/mol. The molecule has 3 saturated heterocycles. The van der Waals surface area contributed by atoms with Gasteiger partial charge in [0.25, 0.3) is 5.91 Å². The van der Waals surface area contributed by atoms with Crippen molar-refractivity contribution in [1.82, 2.24) is 4.90 Å². The number of aldehydes is 1. The molecule has 1 atom stereocenters. The summed E-state index contributed by atoms with van der Waals surface area (Å²) < 4.78 is 44.3. The molecule has 2 bridgehead atoms. The molecular weight excluding hydrogens is 287 g/mol. The van der Waals surface area contributed by atoms with E-state index in [1.165, 1.54) is 4.90 Å². The molecule has 1 spiro atoms. The predicted molar refractivity (Wildman–Crippen MR) is 64.3 cm³/mol. The van der Waals surface area contributed by atoms with Crippen LogP contribution in [0.2, 0.25) is 0 Å². The van der Waals surface area contributed by atoms with E-state index in [1.54, 1.807) is 0 Å². The van der Waals surface area contributed by atoms with Crippen molar-refractivity contribution in [3.8, 4) is 0 Å². The van der Waals surface area contributed by atoms with Crippen LogP contribution in [0, 0.1) is 10.8 Å². The molecule has 4 nitrogen and oxygen atoms in total. The van der Waals surface area contributed by atoms with Crippen LogP contribution in [-0.4, -0.2) is 48.1 Å². The van der Waals surface area contributed by atoms with E-state index >= 15 is 0 Å². The van der Waals surface area contributed by atoms with Crippen molar-refractivity contribution in [2.24, 2.45) is 10.8 Å². The number of ether oxygens (including phenoxy) is 1. The van der Waals surface area contributed by atoms with Gasteiger partial charge in [0.05, 0.1) is 18.1 Å². The van der Waals surface area contributed by atoms with Gasteiger partial charge in [-0.15, -0.1) is 0 Å². The second-order valence-electron chi connectivity index (χ2n) is 7.26. The van der Waals surface area contributed by atoms with Gasteiger partial charge in [-0.05, 0) is 24.7 Å². The lowest BCUT2D eigenvalue weighted by atomic mass is 9.61. The molecule has 0 aromatic rings. The van der Waals surface area contributed by atoms with Crippen LogP contribution in [0.1, 0.15) is 32.1 Å². The SMILES string of the molecule is O=C[C@@H]1CC2(CC2)CN1C(=O)C12CC(C(F)(F)F)(CO1)C2. The van der Waals surface area contributed by atoms with Crippen LogP contribution in [-0.2, 0) is 14.3 Å². The van der Waals surface area contributed by atoms with E-state index in [0.29, 0.717) is 13.0 Å². The number of carbonyl (C=O) groups is 2. The lowest BCUT2D eigenvalue weighted by Crippen LogP contribution is -2.60. The summed E-state index contributed by atoms with van der Waals surface area (Å²) in [6.07, 6.45) is -1.56. The first-order valence-corrected chi connectivity index (χ1v) is 7.22. The molecule has 21 heavy (non-hydrogen) atoms. The maximum absolute atomic E-state index is 13.0. The summed E-state index contributed by atoms with van der Waals surface area (Å²) >= 11 is 0. The minimum Gasteiger partial charge on any atom is -0.364 e. The van der Waals surface area contributed by atoms with Crippen molar-refractivity contribution in [2.45, 2.75) is 49.9 Å². The number of carbonyl (C=O) groups excluding carboxylic acids is 2. The third kappa shape index (κ3) is 1.61. The number of fused-ring (bicyclic) bond motifs is 1. The van der Waals surface area contributed by atoms with Gasteiger partial charge >= 0.3 is 6.18 Å². The molecule has 5 aliphatic rings. The molecule has 3 heterocycles. The molecule has 0 N–H and O–H groups in total. The van der Waals surface area contributed by atoms with Crippen molar-refractivity contribution in [2.75, 3.05) is 13.2 Å². The Morgan fingerprint density at radius 3 is 2.43 bits per heavy atom. The molecule has 3 aliphatic heterocycles. The second-order valence-corrected chi connectivity index (χ2v) is 7.26. The second kappa shape index (κ2) is 3.62. The molecule has 5 fully saturated rings. The Morgan fingerprint density at radius 1 is 1.29 bits per heavy atom. The molecule has 0 aromatic heterocycles. The first-order valence-electron chi connectivity index (χ1n) is 7.22. The fourth-order valence-corrected chi connectivity index (χ4v) is 4.26. The Balaban J connectivity index is 1.54. The number of halogens is 3. The summed E-state index contributed by atoms with van der Waals surface area (Å²) in [5.74, 6) is -0.416. The van der Waals surface area contributed by atoms with Crippen LogP contribution in [0.15, 0.2) is 0 Å². The molecule has 2 aliphatic carbocycles. The highest BCUT2D eigenvalue weighted by atomic mass is 19.4. The maximum atomic E-state index is 13.0. The highest BCUT2D eigenvalue weighted by molar-refractivity contribution is 5.90. The summed E-state index contributed by atoms with van der Waals surface area (Å²) in [5.41, 5.74) is -3.14. The van der Waals surface area contributed by atoms with Crippen LogP contribution in [0.5, 0.6) is 0 Å². The fourth-order valence-electron chi connectivity index (χ4n) is 4.26. The highest BCUT2D eigenvalue weighted by Crippen LogP contribution is 2.66. The molecule has 0 aromatic carbocycles. The molecule has 0 radical (unpaired) electrons. The van der Waals surface area contributed by atoms with Gasteiger partial charge in [-0.2, -0.15) is 13.2 Å². The Bertz CT molecular complexity index is 520. The van der Waals surface area contributed by atoms with E-state index in [-0.39, 0.29) is 18.3 Å². The number of hydrogen-bond acceptors (Lipinski definition) is 3. The molecule has 2 saturated carbocycles. The molecule has 1 amide bonds. The van der Waals surface area contributed by atoms with Gasteiger partial charge in [0.1, 0.15) is 11.9 Å². The Kier molecular flexibility index (Phi) is 2.33. The summed E-state index contributed by atoms with van der Waals surface area (Å²) in [5, 5.41) is 0. The minimum atomic E-state index is -4.33. The van der Waals surface area contributed by atoms with E-state index in [4.69, 9.17) is 4.74 Å². The van der Waals surface area contributed by atoms with Gasteiger partial charge in [-0.1, -0.05) is 0 Å². The zero-order valence-corrected chi connectivity index (χ0v) is 11.4. The quantitative estimate of drug-likeness (QED) is 0.729. The number of hydrogen-bond donors (Lipinski definition) is 0. The average molecular weight is 303 g/mol. The standard InChI is InChI=1S/C14H16F3NO3/c15-14(16,17)12-5-13(6-12,21-8-12)10(20)18-7-11(1-2-11)3-9(18)4-19/h4,9H,1-3,5-8H2/t9-,12?,13?/m0/s1. The van der Waals surface area contributed by atoms with E-state index < -0.39 is 35.7 Å². The number of nitrogens with zero attached hydrogens (tertiary/aromatic N) is 1. The lowest BCUT2D eigenvalue weighted by Gasteiger charge is -2.45. The summed E-state index contributed by atoms with van der Waals surface area (Å²) in [4.78, 5) is 25.3. The summed E-state index contributed by atoms with van der Waals surface area (Å²) in [6.45, 7) is 0.0480. The maximum Gasteiger partial charge on any atom is 0.396 e. The summed E-state index contributed by atoms with van der Waals surface area (Å²) in [6, 6.07) is -0.500. The number of rotatable bonds is 2. The van der Waals surface area contributed by atoms with Gasteiger partial charge < -0.3 is 14.4 Å². The lowest BCUT2D eigenvalue weighted by molar-refractivity contribution is -0.243. The zero-order valence-electron chi connectivity index (χ0n) is 11.4. The topological polar surface area (TPSA) is 46.6 Å². The van der Waals surface area contributed by atoms with E-state index in [1.807, 2.05) is 0 Å². The van der Waals surface area contributed by atoms with Crippen molar-refractivity contribution in [3.05, 3.63) is 0 Å². The molecule has 116 valence electrons. The molecule has 0 unspecified atom stereocenters. The van der Waals surface area contributed by atoms with Crippen molar-refractivity contribution in [1.29, 1.82) is 0 Å². The van der Waals surface area contributed by atoms with Crippen LogP contribution in [0.4, 0.5) is 13.2 Å². The fraction of sp³-hybridized carbons (Fsp3) is 0.857. The summed E-state index contributed by atoms with van der Waals surface area (Å²) in [7, 11) is 0. The number of amides is 1. The first kappa shape index (κ1) is 13.5. The predicted octanol–water partition coefficient (Wildman–Crippen LogP) is 1.68. The Labute approximate surface area is 119 Å². The Hall–Kier alpha value is -1.11. The van der Waals surface area contributed by atoms with Gasteiger partial charge in [0.2, 0.25) is 0 Å². The average Bonchev–Trinajstić information content (AvgIpc) is 2.78. The number of alkyl halides is 3. The molecular formula is C14H16F3NO3. The smallest absolute Gasteiger partial charge is 0.364 e. The van der Waals surface area contributed by atoms with Gasteiger partial charge in [-0.25, -0.2) is 0 Å². The molecule has 7 heteroatoms. The van der Waals surface area contributed by atoms with Crippen LogP contribution < -0.4 is 0 Å². The van der Waals surface area contributed by atoms with Crippen LogP contribution in [0.3, 0.4) is 0 Å². The zero-order chi connectivity index (χ0) is 15.1. The minimum absolute atomic E-state index is 0.0430. The van der Waals surface area contributed by atoms with Gasteiger partial charge in [-0.3, -0.25) is 4.79 Å². The van der Waals surface area contributed by atoms with Gasteiger partial charge in [0.15, 0.2) is 0 Å². The molecule has 5 rings (SSSR count). The third-order valence-corrected chi connectivity index (χ3v) is 5.79. The van der Waals surface area contributed by atoms with Crippen molar-refractivity contribution in [3.63, 3.8) is 0 Å².